The van der Waals surface area contributed by atoms with E-state index in [0.717, 1.165) is 5.65 Å². The van der Waals surface area contributed by atoms with Gasteiger partial charge in [0, 0.05) is 11.6 Å². The summed E-state index contributed by atoms with van der Waals surface area (Å²) in [5.41, 5.74) is 4.73. The van der Waals surface area contributed by atoms with Gasteiger partial charge in [0.05, 0.1) is 6.20 Å². The predicted molar refractivity (Wildman–Crippen MR) is 84.4 cm³/mol. The van der Waals surface area contributed by atoms with Gasteiger partial charge in [0.2, 0.25) is 0 Å². The lowest BCUT2D eigenvalue weighted by Crippen LogP contribution is -3.00. The summed E-state index contributed by atoms with van der Waals surface area (Å²) in [7, 11) is 0. The van der Waals surface area contributed by atoms with Crippen molar-refractivity contribution < 1.29 is 21.4 Å². The molecule has 0 saturated heterocycles. The van der Waals surface area contributed by atoms with Crippen molar-refractivity contribution >= 4 is 5.65 Å². The Balaban J connectivity index is 0.00000144. The van der Waals surface area contributed by atoms with Crippen molar-refractivity contribution in [1.82, 2.24) is 4.57 Å². The number of aromatic nitrogens is 2. The molecule has 0 unspecified atom stereocenters. The van der Waals surface area contributed by atoms with E-state index >= 15 is 0 Å². The van der Waals surface area contributed by atoms with Gasteiger partial charge in [-0.15, -0.1) is 0 Å². The third-order valence-corrected chi connectivity index (χ3v) is 3.68. The molecule has 0 aliphatic rings. The monoisotopic (exact) mass is 350 g/mol. The maximum Gasteiger partial charge on any atom is 0.291 e. The summed E-state index contributed by atoms with van der Waals surface area (Å²) in [5.74, 6) is 0. The third-order valence-electron chi connectivity index (χ3n) is 3.68. The van der Waals surface area contributed by atoms with Gasteiger partial charge >= 0.3 is 0 Å². The van der Waals surface area contributed by atoms with Gasteiger partial charge in [0.25, 0.3) is 5.65 Å². The molecule has 2 heterocycles. The van der Waals surface area contributed by atoms with E-state index in [9.17, 15) is 0 Å². The third kappa shape index (κ3) is 2.44. The SMILES string of the molecule is [Br-].c1ccc(-c2c[n+]3ccccc3n2-c2ccccc2)cc1. The van der Waals surface area contributed by atoms with Crippen LogP contribution in [0.3, 0.4) is 0 Å². The lowest BCUT2D eigenvalue weighted by Gasteiger charge is -2.02. The summed E-state index contributed by atoms with van der Waals surface area (Å²) in [6, 6.07) is 27.2. The number of pyridine rings is 1. The molecule has 0 aliphatic carbocycles. The van der Waals surface area contributed by atoms with Gasteiger partial charge in [-0.3, -0.25) is 0 Å². The fourth-order valence-electron chi connectivity index (χ4n) is 2.72. The molecule has 4 rings (SSSR count). The summed E-state index contributed by atoms with van der Waals surface area (Å²) < 4.78 is 4.45. The van der Waals surface area contributed by atoms with Crippen LogP contribution >= 0.6 is 0 Å². The van der Waals surface area contributed by atoms with Crippen molar-refractivity contribution in [3.63, 3.8) is 0 Å². The van der Waals surface area contributed by atoms with Crippen molar-refractivity contribution in [2.45, 2.75) is 0 Å². The van der Waals surface area contributed by atoms with Crippen LogP contribution in [0.5, 0.6) is 0 Å². The lowest BCUT2D eigenvalue weighted by molar-refractivity contribution is -0.510. The quantitative estimate of drug-likeness (QED) is 0.475. The molecule has 0 atom stereocenters. The van der Waals surface area contributed by atoms with Crippen LogP contribution in [0.4, 0.5) is 0 Å². The molecule has 2 nitrogen and oxygen atoms in total. The van der Waals surface area contributed by atoms with E-state index in [1.165, 1.54) is 16.9 Å². The Morgan fingerprint density at radius 3 is 2.05 bits per heavy atom. The second-order valence-corrected chi connectivity index (χ2v) is 5.02. The van der Waals surface area contributed by atoms with Gasteiger partial charge in [0.1, 0.15) is 11.9 Å². The van der Waals surface area contributed by atoms with E-state index in [-0.39, 0.29) is 17.0 Å². The number of benzene rings is 2. The number of hydrogen-bond acceptors (Lipinski definition) is 0. The van der Waals surface area contributed by atoms with Gasteiger partial charge in [0.15, 0.2) is 5.69 Å². The first-order valence-corrected chi connectivity index (χ1v) is 7.06. The average molecular weight is 351 g/mol. The highest BCUT2D eigenvalue weighted by atomic mass is 79.9. The van der Waals surface area contributed by atoms with Crippen LogP contribution in [0, 0.1) is 0 Å². The molecule has 0 saturated carbocycles. The fourth-order valence-corrected chi connectivity index (χ4v) is 2.72. The van der Waals surface area contributed by atoms with Crippen LogP contribution in [0.2, 0.25) is 0 Å². The molecule has 2 aromatic heterocycles. The predicted octanol–water partition coefficient (Wildman–Crippen LogP) is 0.887. The Bertz CT molecular complexity index is 883. The number of hydrogen-bond donors (Lipinski definition) is 0. The summed E-state index contributed by atoms with van der Waals surface area (Å²) in [6.07, 6.45) is 4.26. The minimum Gasteiger partial charge on any atom is -1.00 e. The molecule has 3 heteroatoms. The fraction of sp³-hybridized carbons (Fsp3) is 0. The normalized spacial score (nSPS) is 10.4. The first kappa shape index (κ1) is 14.5. The second-order valence-electron chi connectivity index (χ2n) is 5.02. The van der Waals surface area contributed by atoms with Crippen molar-refractivity contribution in [2.24, 2.45) is 0 Å². The minimum atomic E-state index is 0. The zero-order valence-electron chi connectivity index (χ0n) is 11.9. The van der Waals surface area contributed by atoms with Crippen LogP contribution in [-0.4, -0.2) is 4.57 Å². The Labute approximate surface area is 140 Å². The molecule has 0 spiro atoms. The topological polar surface area (TPSA) is 9.03 Å². The summed E-state index contributed by atoms with van der Waals surface area (Å²) in [6.45, 7) is 0. The standard InChI is InChI=1S/C19H15N2.BrH/c1-3-9-16(10-4-1)18-15-20-14-8-7-13-19(20)21(18)17-11-5-2-6-12-17;/h1-15H;1H/q+1;/p-1. The highest BCUT2D eigenvalue weighted by Gasteiger charge is 2.19. The zero-order valence-corrected chi connectivity index (χ0v) is 13.5. The van der Waals surface area contributed by atoms with Crippen LogP contribution in [0.1, 0.15) is 0 Å². The summed E-state index contributed by atoms with van der Waals surface area (Å²) in [4.78, 5) is 0. The van der Waals surface area contributed by atoms with Crippen molar-refractivity contribution in [1.29, 1.82) is 0 Å². The van der Waals surface area contributed by atoms with Gasteiger partial charge in [-0.2, -0.15) is 4.57 Å². The smallest absolute Gasteiger partial charge is 0.291 e. The molecule has 108 valence electrons. The second kappa shape index (κ2) is 6.16. The van der Waals surface area contributed by atoms with Gasteiger partial charge in [-0.05, 0) is 18.2 Å². The van der Waals surface area contributed by atoms with E-state index in [4.69, 9.17) is 0 Å². The maximum absolute atomic E-state index is 2.29. The number of rotatable bonds is 2. The Kier molecular flexibility index (Phi) is 4.07. The largest absolute Gasteiger partial charge is 1.00 e. The molecule has 0 amide bonds. The molecular weight excluding hydrogens is 336 g/mol. The zero-order chi connectivity index (χ0) is 14.1. The van der Waals surface area contributed by atoms with E-state index < -0.39 is 0 Å². The first-order valence-electron chi connectivity index (χ1n) is 7.06. The molecule has 0 bridgehead atoms. The first-order chi connectivity index (χ1) is 10.4. The molecule has 0 aliphatic heterocycles. The van der Waals surface area contributed by atoms with E-state index in [0.29, 0.717) is 0 Å². The van der Waals surface area contributed by atoms with Crippen LogP contribution < -0.4 is 21.4 Å². The molecule has 4 aromatic rings. The number of nitrogens with zero attached hydrogens (tertiary/aromatic N) is 2. The Morgan fingerprint density at radius 1 is 0.682 bits per heavy atom. The highest BCUT2D eigenvalue weighted by Crippen LogP contribution is 2.24. The number of fused-ring (bicyclic) bond motifs is 1. The molecular formula is C19H15BrN2. The van der Waals surface area contributed by atoms with Gasteiger partial charge in [-0.1, -0.05) is 54.6 Å². The summed E-state index contributed by atoms with van der Waals surface area (Å²) >= 11 is 0. The Morgan fingerprint density at radius 2 is 1.32 bits per heavy atom. The van der Waals surface area contributed by atoms with Crippen molar-refractivity contribution in [2.75, 3.05) is 0 Å². The molecule has 22 heavy (non-hydrogen) atoms. The molecule has 2 aromatic carbocycles. The molecule has 0 N–H and O–H groups in total. The van der Waals surface area contributed by atoms with Crippen LogP contribution in [-0.2, 0) is 0 Å². The number of imidazole rings is 1. The number of halogens is 1. The lowest BCUT2D eigenvalue weighted by atomic mass is 10.1. The number of para-hydroxylation sites is 1. The van der Waals surface area contributed by atoms with E-state index in [1.54, 1.807) is 0 Å². The summed E-state index contributed by atoms with van der Waals surface area (Å²) in [5, 5.41) is 0. The maximum atomic E-state index is 2.29. The Hall–Kier alpha value is -2.39. The molecule has 0 radical (unpaired) electrons. The van der Waals surface area contributed by atoms with Crippen molar-refractivity contribution in [3.05, 3.63) is 91.3 Å². The van der Waals surface area contributed by atoms with Crippen LogP contribution in [0.25, 0.3) is 22.6 Å². The van der Waals surface area contributed by atoms with E-state index in [2.05, 4.69) is 88.1 Å². The van der Waals surface area contributed by atoms with Crippen LogP contribution in [0.15, 0.2) is 91.3 Å². The minimum absolute atomic E-state index is 0. The van der Waals surface area contributed by atoms with Gasteiger partial charge < -0.3 is 17.0 Å². The highest BCUT2D eigenvalue weighted by molar-refractivity contribution is 5.65. The molecule has 0 fully saturated rings. The average Bonchev–Trinajstić information content (AvgIpc) is 2.96. The van der Waals surface area contributed by atoms with Crippen molar-refractivity contribution in [3.8, 4) is 16.9 Å². The van der Waals surface area contributed by atoms with E-state index in [1.807, 2.05) is 12.1 Å². The van der Waals surface area contributed by atoms with Gasteiger partial charge in [-0.25, -0.2) is 4.40 Å².